The van der Waals surface area contributed by atoms with Crippen molar-refractivity contribution in [2.45, 2.75) is 6.92 Å². The molecule has 0 radical (unpaired) electrons. The number of Topliss-reactive ketones (excluding diaryl/α,β-unsaturated/α-hetero) is 1. The van der Waals surface area contributed by atoms with E-state index in [1.165, 1.54) is 13.1 Å². The van der Waals surface area contributed by atoms with Crippen LogP contribution in [0.25, 0.3) is 0 Å². The van der Waals surface area contributed by atoms with Gasteiger partial charge in [0.1, 0.15) is 5.75 Å². The summed E-state index contributed by atoms with van der Waals surface area (Å²) < 4.78 is 6.40. The number of hydrogen-bond donors (Lipinski definition) is 0. The maximum atomic E-state index is 11.2. The van der Waals surface area contributed by atoms with Crippen molar-refractivity contribution < 1.29 is 9.53 Å². The summed E-state index contributed by atoms with van der Waals surface area (Å²) in [4.78, 5) is 15.3. The maximum Gasteiger partial charge on any atom is 0.219 e. The minimum atomic E-state index is -0.0378. The van der Waals surface area contributed by atoms with E-state index in [0.717, 1.165) is 4.47 Å². The highest BCUT2D eigenvalue weighted by atomic mass is 79.9. The molecule has 92 valence electrons. The Kier molecular flexibility index (Phi) is 3.99. The third-order valence-corrected chi connectivity index (χ3v) is 3.04. The topological polar surface area (TPSA) is 39.2 Å². The molecule has 1 aromatic heterocycles. The number of rotatable bonds is 3. The summed E-state index contributed by atoms with van der Waals surface area (Å²) in [6.45, 7) is 1.49. The lowest BCUT2D eigenvalue weighted by Crippen LogP contribution is -1.95. The van der Waals surface area contributed by atoms with Gasteiger partial charge in [-0.2, -0.15) is 0 Å². The number of ketones is 1. The highest BCUT2D eigenvalue weighted by Gasteiger charge is 2.06. The van der Waals surface area contributed by atoms with Crippen molar-refractivity contribution in [2.75, 3.05) is 0 Å². The summed E-state index contributed by atoms with van der Waals surface area (Å²) in [5.41, 5.74) is 0.549. The Morgan fingerprint density at radius 1 is 1.33 bits per heavy atom. The van der Waals surface area contributed by atoms with E-state index in [4.69, 9.17) is 16.3 Å². The fourth-order valence-corrected chi connectivity index (χ4v) is 2.07. The van der Waals surface area contributed by atoms with E-state index in [0.29, 0.717) is 22.2 Å². The highest BCUT2D eigenvalue weighted by molar-refractivity contribution is 9.10. The summed E-state index contributed by atoms with van der Waals surface area (Å²) in [5, 5.41) is 0.472. The predicted octanol–water partition coefficient (Wildman–Crippen LogP) is 4.49. The van der Waals surface area contributed by atoms with Crippen LogP contribution in [-0.2, 0) is 0 Å². The summed E-state index contributed by atoms with van der Waals surface area (Å²) in [6.07, 6.45) is 1.53. The molecule has 0 aliphatic rings. The average molecular weight is 327 g/mol. The van der Waals surface area contributed by atoms with Crippen LogP contribution in [0.4, 0.5) is 0 Å². The zero-order valence-electron chi connectivity index (χ0n) is 9.48. The Morgan fingerprint density at radius 3 is 2.78 bits per heavy atom. The number of carbonyl (C=O) groups is 1. The number of hydrogen-bond acceptors (Lipinski definition) is 3. The molecule has 0 aliphatic heterocycles. The van der Waals surface area contributed by atoms with Gasteiger partial charge in [0.05, 0.1) is 5.02 Å². The van der Waals surface area contributed by atoms with Crippen LogP contribution in [0.1, 0.15) is 17.3 Å². The Bertz CT molecular complexity index is 601. The molecule has 1 heterocycles. The average Bonchev–Trinajstić information content (AvgIpc) is 2.33. The molecule has 0 atom stereocenters. The number of nitrogens with zero attached hydrogens (tertiary/aromatic N) is 1. The zero-order valence-corrected chi connectivity index (χ0v) is 11.8. The van der Waals surface area contributed by atoms with E-state index >= 15 is 0 Å². The second-order valence-corrected chi connectivity index (χ2v) is 4.94. The fourth-order valence-electron chi connectivity index (χ4n) is 1.35. The Balaban J connectivity index is 2.28. The molecule has 0 amide bonds. The number of halogens is 2. The highest BCUT2D eigenvalue weighted by Crippen LogP contribution is 2.31. The molecule has 0 aliphatic carbocycles. The van der Waals surface area contributed by atoms with Gasteiger partial charge in [0, 0.05) is 22.3 Å². The van der Waals surface area contributed by atoms with Crippen LogP contribution in [0.3, 0.4) is 0 Å². The van der Waals surface area contributed by atoms with Gasteiger partial charge in [0.15, 0.2) is 5.78 Å². The molecule has 0 saturated heterocycles. The fraction of sp³-hybridized carbons (Fsp3) is 0.0769. The smallest absolute Gasteiger partial charge is 0.219 e. The zero-order chi connectivity index (χ0) is 13.1. The third-order valence-electron chi connectivity index (χ3n) is 2.25. The second-order valence-electron chi connectivity index (χ2n) is 3.62. The van der Waals surface area contributed by atoms with Gasteiger partial charge in [0.25, 0.3) is 0 Å². The molecule has 2 aromatic rings. The van der Waals surface area contributed by atoms with Gasteiger partial charge in [0.2, 0.25) is 5.88 Å². The largest absolute Gasteiger partial charge is 0.437 e. The summed E-state index contributed by atoms with van der Waals surface area (Å²) >= 11 is 9.34. The van der Waals surface area contributed by atoms with Crippen molar-refractivity contribution in [3.8, 4) is 11.6 Å². The maximum absolute atomic E-state index is 11.2. The van der Waals surface area contributed by atoms with E-state index in [-0.39, 0.29) is 5.78 Å². The first-order valence-electron chi connectivity index (χ1n) is 5.16. The van der Waals surface area contributed by atoms with Gasteiger partial charge in [-0.15, -0.1) is 0 Å². The SMILES string of the molecule is CC(=O)c1ccnc(Oc2ccc(Br)cc2Cl)c1. The monoisotopic (exact) mass is 325 g/mol. The Morgan fingerprint density at radius 2 is 2.11 bits per heavy atom. The molecular weight excluding hydrogens is 318 g/mol. The standard InChI is InChI=1S/C13H9BrClNO2/c1-8(17)9-4-5-16-13(6-9)18-12-3-2-10(14)7-11(12)15/h2-7H,1H3. The van der Waals surface area contributed by atoms with E-state index in [2.05, 4.69) is 20.9 Å². The molecular formula is C13H9BrClNO2. The van der Waals surface area contributed by atoms with Crippen LogP contribution in [0.2, 0.25) is 5.02 Å². The van der Waals surface area contributed by atoms with Gasteiger partial charge < -0.3 is 4.74 Å². The molecule has 0 fully saturated rings. The molecule has 0 saturated carbocycles. The minimum Gasteiger partial charge on any atom is -0.437 e. The normalized spacial score (nSPS) is 10.2. The van der Waals surface area contributed by atoms with Crippen LogP contribution in [0.5, 0.6) is 11.6 Å². The summed E-state index contributed by atoms with van der Waals surface area (Å²) in [5.74, 6) is 0.796. The van der Waals surface area contributed by atoms with Gasteiger partial charge in [-0.1, -0.05) is 27.5 Å². The van der Waals surface area contributed by atoms with E-state index < -0.39 is 0 Å². The van der Waals surface area contributed by atoms with Gasteiger partial charge in [-0.3, -0.25) is 4.79 Å². The lowest BCUT2D eigenvalue weighted by Gasteiger charge is -2.07. The molecule has 3 nitrogen and oxygen atoms in total. The number of pyridine rings is 1. The first-order chi connectivity index (χ1) is 8.56. The van der Waals surface area contributed by atoms with Crippen molar-refractivity contribution in [1.29, 1.82) is 0 Å². The van der Waals surface area contributed by atoms with Crippen molar-refractivity contribution in [3.05, 3.63) is 51.6 Å². The summed E-state index contributed by atoms with van der Waals surface area (Å²) in [6, 6.07) is 8.50. The van der Waals surface area contributed by atoms with Gasteiger partial charge in [-0.05, 0) is 31.2 Å². The lowest BCUT2D eigenvalue weighted by atomic mass is 10.2. The van der Waals surface area contributed by atoms with Crippen LogP contribution in [0, 0.1) is 0 Å². The predicted molar refractivity (Wildman–Crippen MR) is 73.5 cm³/mol. The number of carbonyl (C=O) groups excluding carboxylic acids is 1. The third kappa shape index (κ3) is 3.09. The Labute approximate surface area is 118 Å². The first-order valence-corrected chi connectivity index (χ1v) is 6.33. The number of benzene rings is 1. The van der Waals surface area contributed by atoms with Gasteiger partial charge in [-0.25, -0.2) is 4.98 Å². The van der Waals surface area contributed by atoms with E-state index in [9.17, 15) is 4.79 Å². The van der Waals surface area contributed by atoms with Crippen LogP contribution < -0.4 is 4.74 Å². The van der Waals surface area contributed by atoms with Crippen LogP contribution >= 0.6 is 27.5 Å². The van der Waals surface area contributed by atoms with Crippen molar-refractivity contribution in [3.63, 3.8) is 0 Å². The molecule has 18 heavy (non-hydrogen) atoms. The molecule has 0 bridgehead atoms. The number of ether oxygens (including phenoxy) is 1. The van der Waals surface area contributed by atoms with Crippen molar-refractivity contribution >= 4 is 33.3 Å². The minimum absolute atomic E-state index is 0.0378. The molecule has 5 heteroatoms. The molecule has 1 aromatic carbocycles. The van der Waals surface area contributed by atoms with E-state index in [1.807, 2.05) is 6.07 Å². The van der Waals surface area contributed by atoms with Crippen molar-refractivity contribution in [2.24, 2.45) is 0 Å². The van der Waals surface area contributed by atoms with Gasteiger partial charge >= 0.3 is 0 Å². The molecule has 2 rings (SSSR count). The molecule has 0 N–H and O–H groups in total. The van der Waals surface area contributed by atoms with E-state index in [1.54, 1.807) is 24.3 Å². The first kappa shape index (κ1) is 13.1. The lowest BCUT2D eigenvalue weighted by molar-refractivity contribution is 0.101. The summed E-state index contributed by atoms with van der Waals surface area (Å²) in [7, 11) is 0. The Hall–Kier alpha value is -1.39. The second kappa shape index (κ2) is 5.50. The van der Waals surface area contributed by atoms with Crippen LogP contribution in [0.15, 0.2) is 41.0 Å². The molecule has 0 spiro atoms. The quantitative estimate of drug-likeness (QED) is 0.780. The molecule has 0 unspecified atom stereocenters. The van der Waals surface area contributed by atoms with Crippen molar-refractivity contribution in [1.82, 2.24) is 4.98 Å². The van der Waals surface area contributed by atoms with Crippen LogP contribution in [-0.4, -0.2) is 10.8 Å². The number of aromatic nitrogens is 1.